The van der Waals surface area contributed by atoms with Gasteiger partial charge in [0.15, 0.2) is 0 Å². The Morgan fingerprint density at radius 3 is 2.81 bits per heavy atom. The van der Waals surface area contributed by atoms with Crippen LogP contribution in [-0.2, 0) is 16.1 Å². The highest BCUT2D eigenvalue weighted by molar-refractivity contribution is 5.97. The van der Waals surface area contributed by atoms with Crippen LogP contribution < -0.4 is 0 Å². The monoisotopic (exact) mass is 290 g/mol. The van der Waals surface area contributed by atoms with Gasteiger partial charge in [-0.1, -0.05) is 19.1 Å². The van der Waals surface area contributed by atoms with E-state index in [2.05, 4.69) is 0 Å². The predicted octanol–water partition coefficient (Wildman–Crippen LogP) is 1.94. The van der Waals surface area contributed by atoms with Crippen molar-refractivity contribution < 1.29 is 14.0 Å². The molecule has 1 aromatic rings. The molecular formula is C16H19FN2O2. The zero-order chi connectivity index (χ0) is 15.0. The molecule has 3 rings (SSSR count). The summed E-state index contributed by atoms with van der Waals surface area (Å²) in [6, 6.07) is 5.48. The van der Waals surface area contributed by atoms with Crippen LogP contribution in [0.4, 0.5) is 4.39 Å². The van der Waals surface area contributed by atoms with E-state index in [1.54, 1.807) is 21.9 Å². The third-order valence-electron chi connectivity index (χ3n) is 4.39. The first-order valence-electron chi connectivity index (χ1n) is 7.47. The first-order chi connectivity index (χ1) is 10.1. The number of carbonyl (C=O) groups excluding carboxylic acids is 2. The average Bonchev–Trinajstić information content (AvgIpc) is 2.95. The summed E-state index contributed by atoms with van der Waals surface area (Å²) < 4.78 is 13.3. The maximum atomic E-state index is 13.3. The van der Waals surface area contributed by atoms with E-state index in [0.29, 0.717) is 19.5 Å². The highest BCUT2D eigenvalue weighted by Gasteiger charge is 2.46. The van der Waals surface area contributed by atoms with E-state index in [1.165, 1.54) is 12.1 Å². The summed E-state index contributed by atoms with van der Waals surface area (Å²) in [6.07, 6.45) is 2.20. The molecule has 0 aliphatic carbocycles. The number of piperazine rings is 1. The van der Waals surface area contributed by atoms with Gasteiger partial charge in [0.1, 0.15) is 17.9 Å². The van der Waals surface area contributed by atoms with Gasteiger partial charge >= 0.3 is 0 Å². The molecule has 0 radical (unpaired) electrons. The summed E-state index contributed by atoms with van der Waals surface area (Å²) in [7, 11) is 0. The van der Waals surface area contributed by atoms with E-state index >= 15 is 0 Å². The molecule has 2 atom stereocenters. The van der Waals surface area contributed by atoms with E-state index < -0.39 is 6.04 Å². The smallest absolute Gasteiger partial charge is 0.246 e. The summed E-state index contributed by atoms with van der Waals surface area (Å²) in [4.78, 5) is 28.5. The van der Waals surface area contributed by atoms with E-state index in [1.807, 2.05) is 6.92 Å². The fraction of sp³-hybridized carbons (Fsp3) is 0.500. The molecule has 2 amide bonds. The second kappa shape index (κ2) is 5.47. The molecule has 2 aliphatic rings. The Labute approximate surface area is 123 Å². The van der Waals surface area contributed by atoms with Crippen molar-refractivity contribution in [3.63, 3.8) is 0 Å². The second-order valence-electron chi connectivity index (χ2n) is 5.71. The van der Waals surface area contributed by atoms with Gasteiger partial charge in [0.05, 0.1) is 0 Å². The van der Waals surface area contributed by atoms with Gasteiger partial charge in [-0.05, 0) is 37.0 Å². The lowest BCUT2D eigenvalue weighted by molar-refractivity contribution is -0.160. The summed E-state index contributed by atoms with van der Waals surface area (Å²) in [5, 5.41) is 0. The number of benzene rings is 1. The van der Waals surface area contributed by atoms with E-state index in [4.69, 9.17) is 0 Å². The fourth-order valence-electron chi connectivity index (χ4n) is 3.37. The van der Waals surface area contributed by atoms with Crippen molar-refractivity contribution in [1.29, 1.82) is 0 Å². The Kier molecular flexibility index (Phi) is 3.66. The number of nitrogens with zero attached hydrogens (tertiary/aromatic N) is 2. The molecule has 0 spiro atoms. The number of halogens is 1. The van der Waals surface area contributed by atoms with Crippen LogP contribution in [0.3, 0.4) is 0 Å². The Balaban J connectivity index is 1.87. The molecule has 2 saturated heterocycles. The molecule has 0 N–H and O–H groups in total. The van der Waals surface area contributed by atoms with Crippen molar-refractivity contribution in [2.45, 2.75) is 44.8 Å². The minimum absolute atomic E-state index is 0.00297. The van der Waals surface area contributed by atoms with Gasteiger partial charge in [0.2, 0.25) is 11.8 Å². The van der Waals surface area contributed by atoms with Crippen LogP contribution in [0.15, 0.2) is 24.3 Å². The first-order valence-corrected chi connectivity index (χ1v) is 7.47. The predicted molar refractivity (Wildman–Crippen MR) is 75.8 cm³/mol. The zero-order valence-electron chi connectivity index (χ0n) is 12.1. The zero-order valence-corrected chi connectivity index (χ0v) is 12.1. The molecule has 2 unspecified atom stereocenters. The summed E-state index contributed by atoms with van der Waals surface area (Å²) in [6.45, 7) is 2.88. The van der Waals surface area contributed by atoms with Crippen molar-refractivity contribution in [2.24, 2.45) is 0 Å². The molecule has 112 valence electrons. The average molecular weight is 290 g/mol. The van der Waals surface area contributed by atoms with Crippen molar-refractivity contribution in [1.82, 2.24) is 9.80 Å². The maximum absolute atomic E-state index is 13.3. The molecule has 0 bridgehead atoms. The number of fused-ring (bicyclic) bond motifs is 1. The Hall–Kier alpha value is -1.91. The maximum Gasteiger partial charge on any atom is 0.246 e. The summed E-state index contributed by atoms with van der Waals surface area (Å²) in [5.74, 6) is -0.280. The van der Waals surface area contributed by atoms with Gasteiger partial charge in [0.25, 0.3) is 0 Å². The van der Waals surface area contributed by atoms with Crippen LogP contribution in [0.1, 0.15) is 31.7 Å². The van der Waals surface area contributed by atoms with E-state index in [-0.39, 0.29) is 23.7 Å². The van der Waals surface area contributed by atoms with Crippen molar-refractivity contribution in [3.8, 4) is 0 Å². The molecule has 4 nitrogen and oxygen atoms in total. The van der Waals surface area contributed by atoms with Crippen molar-refractivity contribution >= 4 is 11.8 Å². The lowest BCUT2D eigenvalue weighted by Crippen LogP contribution is -2.62. The van der Waals surface area contributed by atoms with Crippen LogP contribution in [0.25, 0.3) is 0 Å². The van der Waals surface area contributed by atoms with Gasteiger partial charge in [-0.15, -0.1) is 0 Å². The van der Waals surface area contributed by atoms with Gasteiger partial charge in [0, 0.05) is 13.1 Å². The van der Waals surface area contributed by atoms with Crippen molar-refractivity contribution in [2.75, 3.05) is 6.54 Å². The Bertz CT molecular complexity index is 575. The Morgan fingerprint density at radius 1 is 1.29 bits per heavy atom. The third kappa shape index (κ3) is 2.41. The number of amides is 2. The van der Waals surface area contributed by atoms with Gasteiger partial charge in [-0.25, -0.2) is 4.39 Å². The topological polar surface area (TPSA) is 40.6 Å². The van der Waals surface area contributed by atoms with E-state index in [9.17, 15) is 14.0 Å². The molecule has 21 heavy (non-hydrogen) atoms. The standard InChI is InChI=1S/C16H19FN2O2/c1-2-13-15(20)18-8-4-7-14(18)16(21)19(13)10-11-5-3-6-12(17)9-11/h3,5-6,9,13-14H,2,4,7-8,10H2,1H3. The van der Waals surface area contributed by atoms with Crippen LogP contribution in [-0.4, -0.2) is 40.2 Å². The SMILES string of the molecule is CCC1C(=O)N2CCCC2C(=O)N1Cc1cccc(F)c1. The van der Waals surface area contributed by atoms with E-state index in [0.717, 1.165) is 18.4 Å². The van der Waals surface area contributed by atoms with Gasteiger partial charge in [-0.3, -0.25) is 9.59 Å². The van der Waals surface area contributed by atoms with Gasteiger partial charge < -0.3 is 9.80 Å². The number of rotatable bonds is 3. The number of hydrogen-bond acceptors (Lipinski definition) is 2. The number of hydrogen-bond donors (Lipinski definition) is 0. The molecule has 2 fully saturated rings. The molecule has 2 heterocycles. The molecular weight excluding hydrogens is 271 g/mol. The van der Waals surface area contributed by atoms with Gasteiger partial charge in [-0.2, -0.15) is 0 Å². The number of carbonyl (C=O) groups is 2. The molecule has 1 aromatic carbocycles. The minimum atomic E-state index is -0.421. The summed E-state index contributed by atoms with van der Waals surface area (Å²) >= 11 is 0. The Morgan fingerprint density at radius 2 is 2.10 bits per heavy atom. The highest BCUT2D eigenvalue weighted by atomic mass is 19.1. The third-order valence-corrected chi connectivity index (χ3v) is 4.39. The largest absolute Gasteiger partial charge is 0.329 e. The molecule has 2 aliphatic heterocycles. The second-order valence-corrected chi connectivity index (χ2v) is 5.71. The van der Waals surface area contributed by atoms with Crippen molar-refractivity contribution in [3.05, 3.63) is 35.6 Å². The van der Waals surface area contributed by atoms with Crippen LogP contribution in [0.2, 0.25) is 0 Å². The minimum Gasteiger partial charge on any atom is -0.329 e. The van der Waals surface area contributed by atoms with Crippen LogP contribution >= 0.6 is 0 Å². The van der Waals surface area contributed by atoms with Crippen LogP contribution in [0, 0.1) is 5.82 Å². The molecule has 5 heteroatoms. The quantitative estimate of drug-likeness (QED) is 0.853. The van der Waals surface area contributed by atoms with Crippen LogP contribution in [0.5, 0.6) is 0 Å². The lowest BCUT2D eigenvalue weighted by Gasteiger charge is -2.42. The highest BCUT2D eigenvalue weighted by Crippen LogP contribution is 2.29. The summed E-state index contributed by atoms with van der Waals surface area (Å²) in [5.41, 5.74) is 0.723. The normalized spacial score (nSPS) is 25.4. The first kappa shape index (κ1) is 14.0. The lowest BCUT2D eigenvalue weighted by atomic mass is 10.0. The molecule has 0 saturated carbocycles. The fourth-order valence-corrected chi connectivity index (χ4v) is 3.37. The molecule has 0 aromatic heterocycles.